The van der Waals surface area contributed by atoms with Crippen molar-refractivity contribution in [2.75, 3.05) is 14.1 Å². The van der Waals surface area contributed by atoms with Crippen LogP contribution in [0.2, 0.25) is 0 Å². The number of likely N-dealkylation sites (N-methyl/N-ethyl adjacent to an activating group) is 1. The van der Waals surface area contributed by atoms with Crippen LogP contribution in [-0.4, -0.2) is 85.9 Å². The lowest BCUT2D eigenvalue weighted by atomic mass is 9.51. The first-order valence-electron chi connectivity index (χ1n) is 13.6. The molecule has 0 aliphatic heterocycles. The molecule has 5 rings (SSSR count). The number of aliphatic hydroxyl groups excluding tert-OH is 3. The lowest BCUT2D eigenvalue weighted by Gasteiger charge is -2.56. The summed E-state index contributed by atoms with van der Waals surface area (Å²) in [5, 5.41) is 57.6. The molecule has 3 fully saturated rings. The van der Waals surface area contributed by atoms with Gasteiger partial charge in [0.05, 0.1) is 17.8 Å². The molecule has 0 radical (unpaired) electrons. The highest BCUT2D eigenvalue weighted by Gasteiger charge is 2.71. The molecule has 212 valence electrons. The molecule has 7 N–H and O–H groups in total. The first kappa shape index (κ1) is 27.8. The SMILES string of the molecule is C[C@H]1c2ccc(C3(C)CCCCC3)c(O)c2C(O)=C2C(=O)[C@]3(O)C(=O)C(C(N)=O)C(O)[C@@H](N(C)C)[C@@H]3[C@@H](O)[C@@H]21. The van der Waals surface area contributed by atoms with Crippen LogP contribution in [0, 0.1) is 17.8 Å². The summed E-state index contributed by atoms with van der Waals surface area (Å²) in [5.41, 5.74) is 3.03. The number of ketones is 2. The topological polar surface area (TPSA) is 182 Å². The van der Waals surface area contributed by atoms with Gasteiger partial charge in [-0.2, -0.15) is 0 Å². The third-order valence-corrected chi connectivity index (χ3v) is 10.1. The van der Waals surface area contributed by atoms with Crippen molar-refractivity contribution in [1.82, 2.24) is 4.90 Å². The molecule has 0 saturated heterocycles. The number of carbonyl (C=O) groups is 3. The molecule has 8 atom stereocenters. The molecule has 2 unspecified atom stereocenters. The number of hydrogen-bond acceptors (Lipinski definition) is 9. The Morgan fingerprint density at radius 2 is 1.67 bits per heavy atom. The lowest BCUT2D eigenvalue weighted by Crippen LogP contribution is -2.76. The molecule has 1 amide bonds. The molecular formula is C29H38N2O8. The summed E-state index contributed by atoms with van der Waals surface area (Å²) in [7, 11) is 3.07. The fourth-order valence-corrected chi connectivity index (χ4v) is 8.06. The van der Waals surface area contributed by atoms with Gasteiger partial charge in [-0.25, -0.2) is 0 Å². The second kappa shape index (κ2) is 9.12. The highest BCUT2D eigenvalue weighted by molar-refractivity contribution is 6.25. The Morgan fingerprint density at radius 3 is 2.23 bits per heavy atom. The van der Waals surface area contributed by atoms with Crippen molar-refractivity contribution in [3.8, 4) is 5.75 Å². The third-order valence-electron chi connectivity index (χ3n) is 10.1. The van der Waals surface area contributed by atoms with Gasteiger partial charge >= 0.3 is 0 Å². The molecule has 0 heterocycles. The number of nitrogens with two attached hydrogens (primary N) is 1. The minimum atomic E-state index is -2.92. The van der Waals surface area contributed by atoms with Crippen molar-refractivity contribution in [3.05, 3.63) is 34.4 Å². The van der Waals surface area contributed by atoms with Gasteiger partial charge in [-0.15, -0.1) is 0 Å². The van der Waals surface area contributed by atoms with Gasteiger partial charge in [-0.1, -0.05) is 45.2 Å². The standard InChI is InChI=1S/C29H38N2O8/c1-12-13-8-9-14(28(2)10-6-5-7-11-28)21(32)16(13)22(33)17-15(12)23(34)19-20(31(3)4)24(35)18(27(30)38)26(37)29(19,39)25(17)36/h8-9,12,15,18-20,23-24,32-35,39H,5-7,10-11H2,1-4H3,(H2,30,38)/t12-,15+,18?,19+,20-,23-,24?,29-/m0/s1. The van der Waals surface area contributed by atoms with Gasteiger partial charge in [0.2, 0.25) is 11.7 Å². The van der Waals surface area contributed by atoms with Gasteiger partial charge in [0.15, 0.2) is 11.4 Å². The predicted octanol–water partition coefficient (Wildman–Crippen LogP) is 0.883. The second-order valence-corrected chi connectivity index (χ2v) is 12.4. The second-order valence-electron chi connectivity index (χ2n) is 12.4. The summed E-state index contributed by atoms with van der Waals surface area (Å²) >= 11 is 0. The summed E-state index contributed by atoms with van der Waals surface area (Å²) in [6.07, 6.45) is 1.57. The zero-order valence-electron chi connectivity index (χ0n) is 22.7. The highest BCUT2D eigenvalue weighted by atomic mass is 16.3. The number of carbonyl (C=O) groups excluding carboxylic acids is 3. The van der Waals surface area contributed by atoms with Crippen LogP contribution >= 0.6 is 0 Å². The number of nitrogens with zero attached hydrogens (tertiary/aromatic N) is 1. The van der Waals surface area contributed by atoms with Crippen LogP contribution < -0.4 is 5.73 Å². The third kappa shape index (κ3) is 3.58. The summed E-state index contributed by atoms with van der Waals surface area (Å²) in [6, 6.07) is 2.46. The van der Waals surface area contributed by atoms with E-state index in [2.05, 4.69) is 6.92 Å². The number of fused-ring (bicyclic) bond motifs is 3. The van der Waals surface area contributed by atoms with Gasteiger partial charge in [-0.05, 0) is 43.8 Å². The van der Waals surface area contributed by atoms with Crippen molar-refractivity contribution in [2.24, 2.45) is 23.5 Å². The summed E-state index contributed by atoms with van der Waals surface area (Å²) in [6.45, 7) is 3.81. The first-order valence-corrected chi connectivity index (χ1v) is 13.6. The molecule has 1 aromatic rings. The predicted molar refractivity (Wildman–Crippen MR) is 141 cm³/mol. The number of Topliss-reactive ketones (excluding diaryl/α,β-unsaturated/α-hetero) is 2. The molecule has 10 heteroatoms. The van der Waals surface area contributed by atoms with Crippen LogP contribution in [0.15, 0.2) is 17.7 Å². The average Bonchev–Trinajstić information content (AvgIpc) is 2.86. The molecule has 0 bridgehead atoms. The smallest absolute Gasteiger partial charge is 0.230 e. The van der Waals surface area contributed by atoms with Crippen LogP contribution in [0.25, 0.3) is 5.76 Å². The van der Waals surface area contributed by atoms with E-state index in [9.17, 15) is 39.9 Å². The number of aromatic hydroxyl groups is 1. The van der Waals surface area contributed by atoms with Crippen LogP contribution in [0.4, 0.5) is 0 Å². The quantitative estimate of drug-likeness (QED) is 0.302. The Balaban J connectivity index is 1.73. The molecule has 4 aliphatic rings. The molecule has 0 aromatic heterocycles. The number of rotatable bonds is 3. The zero-order chi connectivity index (χ0) is 28.8. The van der Waals surface area contributed by atoms with Gasteiger partial charge in [0.25, 0.3) is 0 Å². The summed E-state index contributed by atoms with van der Waals surface area (Å²) < 4.78 is 0. The Hall–Kier alpha value is -2.79. The molecule has 39 heavy (non-hydrogen) atoms. The number of aliphatic hydroxyl groups is 4. The van der Waals surface area contributed by atoms with Crippen LogP contribution in [-0.2, 0) is 19.8 Å². The molecular weight excluding hydrogens is 504 g/mol. The van der Waals surface area contributed by atoms with Crippen LogP contribution in [0.3, 0.4) is 0 Å². The maximum absolute atomic E-state index is 14.1. The molecule has 10 nitrogen and oxygen atoms in total. The molecule has 4 aliphatic carbocycles. The number of amides is 1. The average molecular weight is 543 g/mol. The lowest BCUT2D eigenvalue weighted by molar-refractivity contribution is -0.199. The van der Waals surface area contributed by atoms with E-state index in [0.29, 0.717) is 11.1 Å². The van der Waals surface area contributed by atoms with Crippen molar-refractivity contribution in [1.29, 1.82) is 0 Å². The zero-order valence-corrected chi connectivity index (χ0v) is 22.7. The van der Waals surface area contributed by atoms with E-state index in [1.165, 1.54) is 19.0 Å². The van der Waals surface area contributed by atoms with Gasteiger partial charge < -0.3 is 36.2 Å². The van der Waals surface area contributed by atoms with E-state index in [1.807, 2.05) is 6.07 Å². The van der Waals surface area contributed by atoms with Crippen molar-refractivity contribution < 1.29 is 39.9 Å². The Labute approximate surface area is 227 Å². The van der Waals surface area contributed by atoms with Crippen molar-refractivity contribution in [3.63, 3.8) is 0 Å². The van der Waals surface area contributed by atoms with Crippen LogP contribution in [0.5, 0.6) is 5.75 Å². The van der Waals surface area contributed by atoms with E-state index in [-0.39, 0.29) is 22.3 Å². The largest absolute Gasteiger partial charge is 0.507 e. The number of hydrogen-bond donors (Lipinski definition) is 6. The molecule has 1 aromatic carbocycles. The molecule has 3 saturated carbocycles. The Kier molecular flexibility index (Phi) is 6.49. The van der Waals surface area contributed by atoms with Gasteiger partial charge in [-0.3, -0.25) is 14.4 Å². The fraction of sp³-hybridized carbons (Fsp3) is 0.621. The molecule has 0 spiro atoms. The normalized spacial score (nSPS) is 37.8. The highest BCUT2D eigenvalue weighted by Crippen LogP contribution is 2.57. The first-order chi connectivity index (χ1) is 18.2. The number of phenolic OH excluding ortho intramolecular Hbond substituents is 1. The van der Waals surface area contributed by atoms with Gasteiger partial charge in [0, 0.05) is 29.0 Å². The minimum Gasteiger partial charge on any atom is -0.507 e. The number of phenols is 1. The van der Waals surface area contributed by atoms with E-state index >= 15 is 0 Å². The van der Waals surface area contributed by atoms with Crippen molar-refractivity contribution >= 4 is 23.2 Å². The maximum atomic E-state index is 14.1. The Morgan fingerprint density at radius 1 is 1.05 bits per heavy atom. The van der Waals surface area contributed by atoms with E-state index < -0.39 is 70.8 Å². The van der Waals surface area contributed by atoms with Crippen molar-refractivity contribution in [2.45, 2.75) is 81.1 Å². The number of benzene rings is 1. The van der Waals surface area contributed by atoms with E-state index in [0.717, 1.165) is 32.1 Å². The fourth-order valence-electron chi connectivity index (χ4n) is 8.06. The van der Waals surface area contributed by atoms with Gasteiger partial charge in [0.1, 0.15) is 17.4 Å². The minimum absolute atomic E-state index is 0.0551. The summed E-state index contributed by atoms with van der Waals surface area (Å²) in [5.74, 6) is -9.46. The number of primary amides is 1. The summed E-state index contributed by atoms with van der Waals surface area (Å²) in [4.78, 5) is 41.3. The monoisotopic (exact) mass is 542 g/mol. The van der Waals surface area contributed by atoms with Crippen LogP contribution in [0.1, 0.15) is 68.6 Å². The van der Waals surface area contributed by atoms with E-state index in [4.69, 9.17) is 5.73 Å². The van der Waals surface area contributed by atoms with E-state index in [1.54, 1.807) is 13.0 Å². The Bertz CT molecular complexity index is 1280. The maximum Gasteiger partial charge on any atom is 0.230 e.